The number of carbonyl (C=O) groups is 2. The van der Waals surface area contributed by atoms with E-state index in [0.29, 0.717) is 16.5 Å². The molecule has 2 amide bonds. The second kappa shape index (κ2) is 10.3. The lowest BCUT2D eigenvalue weighted by Gasteiger charge is -2.11. The van der Waals surface area contributed by atoms with Crippen LogP contribution in [0.25, 0.3) is 11.1 Å². The Morgan fingerprint density at radius 2 is 1.40 bits per heavy atom. The normalized spacial score (nSPS) is 10.2. The average Bonchev–Trinajstić information content (AvgIpc) is 2.76. The Labute approximate surface area is 179 Å². The van der Waals surface area contributed by atoms with Crippen molar-refractivity contribution in [2.75, 3.05) is 13.2 Å². The van der Waals surface area contributed by atoms with E-state index in [2.05, 4.69) is 10.9 Å². The van der Waals surface area contributed by atoms with E-state index in [4.69, 9.17) is 21.1 Å². The highest BCUT2D eigenvalue weighted by molar-refractivity contribution is 6.30. The number of nitrogens with one attached hydrogen (secondary N) is 2. The third kappa shape index (κ3) is 6.25. The van der Waals surface area contributed by atoms with Crippen molar-refractivity contribution in [3.63, 3.8) is 0 Å². The Bertz CT molecular complexity index is 1010. The fourth-order valence-electron chi connectivity index (χ4n) is 2.65. The molecule has 0 heterocycles. The van der Waals surface area contributed by atoms with Crippen molar-refractivity contribution in [1.29, 1.82) is 0 Å². The Morgan fingerprint density at radius 1 is 0.800 bits per heavy atom. The monoisotopic (exact) mass is 424 g/mol. The summed E-state index contributed by atoms with van der Waals surface area (Å²) in [6, 6.07) is 22.4. The maximum absolute atomic E-state index is 11.9. The number of ether oxygens (including phenoxy) is 2. The molecule has 0 fully saturated rings. The Kier molecular flexibility index (Phi) is 7.29. The van der Waals surface area contributed by atoms with Crippen LogP contribution in [0, 0.1) is 6.92 Å². The van der Waals surface area contributed by atoms with Crippen molar-refractivity contribution in [2.24, 2.45) is 0 Å². The van der Waals surface area contributed by atoms with Crippen LogP contribution in [0.4, 0.5) is 0 Å². The Hall–Kier alpha value is -3.51. The molecule has 0 unspecified atom stereocenters. The van der Waals surface area contributed by atoms with E-state index in [1.807, 2.05) is 49.4 Å². The zero-order valence-electron chi connectivity index (χ0n) is 16.4. The topological polar surface area (TPSA) is 76.7 Å². The van der Waals surface area contributed by atoms with Crippen LogP contribution in [0.15, 0.2) is 72.8 Å². The highest BCUT2D eigenvalue weighted by atomic mass is 35.5. The molecule has 0 saturated heterocycles. The van der Waals surface area contributed by atoms with Crippen LogP contribution < -0.4 is 20.3 Å². The van der Waals surface area contributed by atoms with Crippen LogP contribution >= 0.6 is 11.6 Å². The molecule has 3 rings (SSSR count). The first-order chi connectivity index (χ1) is 14.5. The number of hydrazine groups is 1. The number of carbonyl (C=O) groups excluding carboxylic acids is 2. The van der Waals surface area contributed by atoms with Crippen molar-refractivity contribution in [3.05, 3.63) is 83.4 Å². The fraction of sp³-hybridized carbons (Fsp3) is 0.130. The number of rotatable bonds is 7. The first-order valence-corrected chi connectivity index (χ1v) is 9.64. The number of benzene rings is 3. The molecule has 0 radical (unpaired) electrons. The number of hydrogen-bond donors (Lipinski definition) is 2. The summed E-state index contributed by atoms with van der Waals surface area (Å²) < 4.78 is 10.8. The highest BCUT2D eigenvalue weighted by Gasteiger charge is 2.08. The summed E-state index contributed by atoms with van der Waals surface area (Å²) >= 11 is 5.88. The summed E-state index contributed by atoms with van der Waals surface area (Å²) in [4.78, 5) is 23.7. The van der Waals surface area contributed by atoms with E-state index in [1.54, 1.807) is 30.3 Å². The molecule has 0 bridgehead atoms. The van der Waals surface area contributed by atoms with Gasteiger partial charge in [-0.2, -0.15) is 0 Å². The van der Waals surface area contributed by atoms with Crippen LogP contribution in [0.3, 0.4) is 0 Å². The molecule has 6 nitrogen and oxygen atoms in total. The van der Waals surface area contributed by atoms with Crippen LogP contribution in [0.5, 0.6) is 11.5 Å². The largest absolute Gasteiger partial charge is 0.484 e. The number of halogens is 1. The fourth-order valence-corrected chi connectivity index (χ4v) is 2.88. The zero-order chi connectivity index (χ0) is 21.3. The van der Waals surface area contributed by atoms with Crippen LogP contribution in [-0.2, 0) is 9.59 Å². The molecule has 7 heteroatoms. The van der Waals surface area contributed by atoms with Gasteiger partial charge in [0.05, 0.1) is 0 Å². The lowest BCUT2D eigenvalue weighted by Crippen LogP contribution is -2.45. The second-order valence-electron chi connectivity index (χ2n) is 6.47. The molecule has 0 aliphatic rings. The minimum absolute atomic E-state index is 0.234. The predicted molar refractivity (Wildman–Crippen MR) is 115 cm³/mol. The molecule has 30 heavy (non-hydrogen) atoms. The Balaban J connectivity index is 1.38. The van der Waals surface area contributed by atoms with Gasteiger partial charge in [0.1, 0.15) is 11.5 Å². The molecular weight excluding hydrogens is 404 g/mol. The molecule has 3 aromatic carbocycles. The van der Waals surface area contributed by atoms with Crippen molar-refractivity contribution >= 4 is 23.4 Å². The minimum Gasteiger partial charge on any atom is -0.484 e. The van der Waals surface area contributed by atoms with Gasteiger partial charge in [0.2, 0.25) is 0 Å². The molecule has 0 atom stereocenters. The molecule has 2 N–H and O–H groups in total. The summed E-state index contributed by atoms with van der Waals surface area (Å²) in [7, 11) is 0. The van der Waals surface area contributed by atoms with Crippen LogP contribution in [0.1, 0.15) is 5.56 Å². The van der Waals surface area contributed by atoms with Gasteiger partial charge in [-0.1, -0.05) is 54.1 Å². The average molecular weight is 425 g/mol. The van der Waals surface area contributed by atoms with Gasteiger partial charge in [-0.15, -0.1) is 0 Å². The number of amides is 2. The third-order valence-electron chi connectivity index (χ3n) is 4.17. The summed E-state index contributed by atoms with van der Waals surface area (Å²) in [6.07, 6.45) is 0. The maximum atomic E-state index is 11.9. The second-order valence-corrected chi connectivity index (χ2v) is 6.91. The van der Waals surface area contributed by atoms with E-state index in [-0.39, 0.29) is 13.2 Å². The van der Waals surface area contributed by atoms with Gasteiger partial charge in [0.15, 0.2) is 13.2 Å². The summed E-state index contributed by atoms with van der Waals surface area (Å²) in [5, 5.41) is 0.589. The summed E-state index contributed by atoms with van der Waals surface area (Å²) in [6.45, 7) is 1.34. The minimum atomic E-state index is -0.495. The van der Waals surface area contributed by atoms with Gasteiger partial charge in [0, 0.05) is 5.02 Å². The quantitative estimate of drug-likeness (QED) is 0.563. The van der Waals surface area contributed by atoms with Gasteiger partial charge in [-0.3, -0.25) is 20.4 Å². The summed E-state index contributed by atoms with van der Waals surface area (Å²) in [5.74, 6) is 0.115. The zero-order valence-corrected chi connectivity index (χ0v) is 17.1. The molecular formula is C23H21ClN2O4. The maximum Gasteiger partial charge on any atom is 0.276 e. The lowest BCUT2D eigenvalue weighted by molar-refractivity contribution is -0.131. The first kappa shape index (κ1) is 21.2. The molecule has 0 spiro atoms. The van der Waals surface area contributed by atoms with Crippen LogP contribution in [0.2, 0.25) is 5.02 Å². The molecule has 0 aliphatic heterocycles. The smallest absolute Gasteiger partial charge is 0.276 e. The van der Waals surface area contributed by atoms with Gasteiger partial charge >= 0.3 is 0 Å². The molecule has 154 valence electrons. The van der Waals surface area contributed by atoms with Gasteiger partial charge < -0.3 is 9.47 Å². The highest BCUT2D eigenvalue weighted by Crippen LogP contribution is 2.22. The van der Waals surface area contributed by atoms with Crippen molar-refractivity contribution in [1.82, 2.24) is 10.9 Å². The molecule has 0 aromatic heterocycles. The van der Waals surface area contributed by atoms with E-state index in [1.165, 1.54) is 0 Å². The molecule has 0 aliphatic carbocycles. The lowest BCUT2D eigenvalue weighted by atomic mass is 10.1. The third-order valence-corrected chi connectivity index (χ3v) is 4.40. The van der Waals surface area contributed by atoms with Crippen molar-refractivity contribution in [3.8, 4) is 22.6 Å². The SMILES string of the molecule is Cc1cc(Cl)ccc1OCC(=O)NNC(=O)COc1ccc(-c2ccccc2)cc1. The molecule has 3 aromatic rings. The van der Waals surface area contributed by atoms with Gasteiger partial charge in [-0.05, 0) is 53.9 Å². The van der Waals surface area contributed by atoms with Gasteiger partial charge in [0.25, 0.3) is 11.8 Å². The van der Waals surface area contributed by atoms with E-state index in [9.17, 15) is 9.59 Å². The Morgan fingerprint density at radius 3 is 2.03 bits per heavy atom. The van der Waals surface area contributed by atoms with Crippen molar-refractivity contribution < 1.29 is 19.1 Å². The van der Waals surface area contributed by atoms with E-state index < -0.39 is 11.8 Å². The number of aryl methyl sites for hydroxylation is 1. The number of hydrogen-bond acceptors (Lipinski definition) is 4. The van der Waals surface area contributed by atoms with E-state index >= 15 is 0 Å². The van der Waals surface area contributed by atoms with E-state index in [0.717, 1.165) is 16.7 Å². The van der Waals surface area contributed by atoms with Gasteiger partial charge in [-0.25, -0.2) is 0 Å². The summed E-state index contributed by atoms with van der Waals surface area (Å²) in [5.41, 5.74) is 7.53. The first-order valence-electron chi connectivity index (χ1n) is 9.26. The standard InChI is InChI=1S/C23H21ClN2O4/c1-16-13-19(24)9-12-21(16)30-15-23(28)26-25-22(27)14-29-20-10-7-18(8-11-20)17-5-3-2-4-6-17/h2-13H,14-15H2,1H3,(H,25,27)(H,26,28). The molecule has 0 saturated carbocycles. The van der Waals surface area contributed by atoms with Crippen LogP contribution in [-0.4, -0.2) is 25.0 Å². The van der Waals surface area contributed by atoms with Crippen molar-refractivity contribution in [2.45, 2.75) is 6.92 Å². The predicted octanol–water partition coefficient (Wildman–Crippen LogP) is 3.92.